The zero-order valence-electron chi connectivity index (χ0n) is 9.48. The molecule has 98 valence electrons. The minimum Gasteiger partial charge on any atom is -0.479 e. The summed E-state index contributed by atoms with van der Waals surface area (Å²) in [5.74, 6) is -1.11. The number of urea groups is 1. The van der Waals surface area contributed by atoms with E-state index in [2.05, 4.69) is 31.5 Å². The summed E-state index contributed by atoms with van der Waals surface area (Å²) >= 11 is 3.21. The third-order valence-electron chi connectivity index (χ3n) is 2.02. The summed E-state index contributed by atoms with van der Waals surface area (Å²) in [5, 5.41) is 22.7. The second kappa shape index (κ2) is 5.78. The summed E-state index contributed by atoms with van der Waals surface area (Å²) in [4.78, 5) is 25.9. The summed E-state index contributed by atoms with van der Waals surface area (Å²) < 4.78 is 0.741. The number of nitrogens with zero attached hydrogens (tertiary/aromatic N) is 1. The lowest BCUT2D eigenvalue weighted by molar-refractivity contribution is -0.155. The van der Waals surface area contributed by atoms with Gasteiger partial charge in [0.05, 0.1) is 6.54 Å². The Bertz CT molecular complexity index is 464. The molecular weight excluding hydrogens is 306 g/mol. The van der Waals surface area contributed by atoms with Crippen LogP contribution in [0.5, 0.6) is 0 Å². The van der Waals surface area contributed by atoms with E-state index in [0.717, 1.165) is 11.4 Å². The van der Waals surface area contributed by atoms with Crippen LogP contribution in [-0.4, -0.2) is 39.3 Å². The van der Waals surface area contributed by atoms with Crippen molar-refractivity contribution in [1.82, 2.24) is 10.3 Å². The van der Waals surface area contributed by atoms with E-state index in [4.69, 9.17) is 5.11 Å². The number of halogens is 1. The molecule has 0 aliphatic rings. The molecule has 0 aliphatic carbocycles. The van der Waals surface area contributed by atoms with E-state index in [1.54, 1.807) is 12.1 Å². The second-order valence-electron chi connectivity index (χ2n) is 3.75. The average Bonchev–Trinajstić information content (AvgIpc) is 2.26. The summed E-state index contributed by atoms with van der Waals surface area (Å²) in [6, 6.07) is 2.62. The van der Waals surface area contributed by atoms with Crippen LogP contribution in [0.25, 0.3) is 0 Å². The van der Waals surface area contributed by atoms with Gasteiger partial charge in [0.2, 0.25) is 0 Å². The second-order valence-corrected chi connectivity index (χ2v) is 4.66. The quantitative estimate of drug-likeness (QED) is 0.656. The Balaban J connectivity index is 2.50. The lowest BCUT2D eigenvalue weighted by Crippen LogP contribution is -2.47. The van der Waals surface area contributed by atoms with E-state index < -0.39 is 24.1 Å². The first-order chi connectivity index (χ1) is 8.31. The van der Waals surface area contributed by atoms with E-state index in [1.165, 1.54) is 6.20 Å². The highest BCUT2D eigenvalue weighted by Gasteiger charge is 2.30. The third kappa shape index (κ3) is 4.30. The standard InChI is InChI=1S/C10H12BrN3O4/c1-10(18,8(15)16)5-13-9(17)14-7-4-6(11)2-3-12-7/h2-4,18H,5H2,1H3,(H,15,16)(H2,12,13,14,17). The number of hydrogen-bond donors (Lipinski definition) is 4. The van der Waals surface area contributed by atoms with Gasteiger partial charge >= 0.3 is 12.0 Å². The molecule has 0 spiro atoms. The molecule has 18 heavy (non-hydrogen) atoms. The summed E-state index contributed by atoms with van der Waals surface area (Å²) in [6.07, 6.45) is 1.49. The van der Waals surface area contributed by atoms with E-state index >= 15 is 0 Å². The van der Waals surface area contributed by atoms with Crippen molar-refractivity contribution < 1.29 is 19.8 Å². The maximum absolute atomic E-state index is 11.4. The van der Waals surface area contributed by atoms with Crippen LogP contribution in [0.3, 0.4) is 0 Å². The Labute approximate surface area is 111 Å². The number of amides is 2. The van der Waals surface area contributed by atoms with Crippen LogP contribution in [0.1, 0.15) is 6.92 Å². The molecule has 1 heterocycles. The van der Waals surface area contributed by atoms with Gasteiger partial charge in [-0.1, -0.05) is 15.9 Å². The molecule has 0 saturated heterocycles. The van der Waals surface area contributed by atoms with Crippen molar-refractivity contribution in [3.05, 3.63) is 22.8 Å². The summed E-state index contributed by atoms with van der Waals surface area (Å²) in [7, 11) is 0. The van der Waals surface area contributed by atoms with Crippen molar-refractivity contribution in [3.8, 4) is 0 Å². The third-order valence-corrected chi connectivity index (χ3v) is 2.51. The van der Waals surface area contributed by atoms with Gasteiger partial charge in [-0.25, -0.2) is 14.6 Å². The molecule has 8 heteroatoms. The molecule has 0 saturated carbocycles. The number of rotatable bonds is 4. The van der Waals surface area contributed by atoms with E-state index in [-0.39, 0.29) is 0 Å². The van der Waals surface area contributed by atoms with Gasteiger partial charge in [0, 0.05) is 10.7 Å². The molecule has 2 amide bonds. The first-order valence-electron chi connectivity index (χ1n) is 4.93. The molecule has 1 aromatic heterocycles. The van der Waals surface area contributed by atoms with Crippen LogP contribution < -0.4 is 10.6 Å². The molecule has 1 rings (SSSR count). The number of carboxylic acid groups (broad SMARTS) is 1. The van der Waals surface area contributed by atoms with Crippen LogP contribution in [0, 0.1) is 0 Å². The molecule has 7 nitrogen and oxygen atoms in total. The van der Waals surface area contributed by atoms with Crippen molar-refractivity contribution >= 4 is 33.7 Å². The normalized spacial score (nSPS) is 13.5. The van der Waals surface area contributed by atoms with Gasteiger partial charge in [-0.15, -0.1) is 0 Å². The number of pyridine rings is 1. The highest BCUT2D eigenvalue weighted by atomic mass is 79.9. The molecule has 1 unspecified atom stereocenters. The average molecular weight is 318 g/mol. The van der Waals surface area contributed by atoms with Crippen molar-refractivity contribution in [2.45, 2.75) is 12.5 Å². The highest BCUT2D eigenvalue weighted by Crippen LogP contribution is 2.12. The van der Waals surface area contributed by atoms with Gasteiger partial charge in [-0.05, 0) is 19.1 Å². The maximum atomic E-state index is 11.4. The zero-order valence-corrected chi connectivity index (χ0v) is 11.1. The molecule has 0 aromatic carbocycles. The number of anilines is 1. The zero-order chi connectivity index (χ0) is 13.8. The number of carbonyl (C=O) groups is 2. The number of aliphatic hydroxyl groups is 1. The molecule has 0 radical (unpaired) electrons. The molecule has 4 N–H and O–H groups in total. The van der Waals surface area contributed by atoms with E-state index in [1.807, 2.05) is 0 Å². The number of aromatic nitrogens is 1. The lowest BCUT2D eigenvalue weighted by atomic mass is 10.1. The number of carboxylic acids is 1. The maximum Gasteiger partial charge on any atom is 0.337 e. The summed E-state index contributed by atoms with van der Waals surface area (Å²) in [6.45, 7) is 0.676. The minimum atomic E-state index is -2.01. The molecule has 0 aliphatic heterocycles. The number of aliphatic carboxylic acids is 1. The number of carbonyl (C=O) groups excluding carboxylic acids is 1. The Kier molecular flexibility index (Phi) is 4.62. The Morgan fingerprint density at radius 2 is 2.22 bits per heavy atom. The van der Waals surface area contributed by atoms with Gasteiger partial charge in [0.25, 0.3) is 0 Å². The van der Waals surface area contributed by atoms with Crippen molar-refractivity contribution in [2.75, 3.05) is 11.9 Å². The van der Waals surface area contributed by atoms with Crippen LogP contribution in [0.2, 0.25) is 0 Å². The fourth-order valence-corrected chi connectivity index (χ4v) is 1.30. The SMILES string of the molecule is CC(O)(CNC(=O)Nc1cc(Br)ccn1)C(=O)O. The first kappa shape index (κ1) is 14.4. The Hall–Kier alpha value is -1.67. The van der Waals surface area contributed by atoms with Crippen LogP contribution in [0.15, 0.2) is 22.8 Å². The minimum absolute atomic E-state index is 0.303. The predicted octanol–water partition coefficient (Wildman–Crippen LogP) is 0.801. The largest absolute Gasteiger partial charge is 0.479 e. The molecule has 1 atom stereocenters. The Morgan fingerprint density at radius 1 is 1.56 bits per heavy atom. The predicted molar refractivity (Wildman–Crippen MR) is 67.2 cm³/mol. The number of hydrogen-bond acceptors (Lipinski definition) is 4. The summed E-state index contributed by atoms with van der Waals surface area (Å²) in [5.41, 5.74) is -2.01. The van der Waals surface area contributed by atoms with Crippen molar-refractivity contribution in [3.63, 3.8) is 0 Å². The van der Waals surface area contributed by atoms with Gasteiger partial charge in [-0.2, -0.15) is 0 Å². The molecule has 0 fully saturated rings. The lowest BCUT2D eigenvalue weighted by Gasteiger charge is -2.18. The fourth-order valence-electron chi connectivity index (χ4n) is 0.962. The van der Waals surface area contributed by atoms with Crippen LogP contribution in [0.4, 0.5) is 10.6 Å². The number of nitrogens with one attached hydrogen (secondary N) is 2. The monoisotopic (exact) mass is 317 g/mol. The van der Waals surface area contributed by atoms with Crippen molar-refractivity contribution in [1.29, 1.82) is 0 Å². The molecule has 0 bridgehead atoms. The van der Waals surface area contributed by atoms with E-state index in [0.29, 0.717) is 5.82 Å². The Morgan fingerprint density at radius 3 is 2.78 bits per heavy atom. The van der Waals surface area contributed by atoms with Gasteiger partial charge < -0.3 is 15.5 Å². The van der Waals surface area contributed by atoms with Gasteiger partial charge in [0.15, 0.2) is 5.60 Å². The first-order valence-corrected chi connectivity index (χ1v) is 5.73. The van der Waals surface area contributed by atoms with Crippen LogP contribution >= 0.6 is 15.9 Å². The van der Waals surface area contributed by atoms with Gasteiger partial charge in [0.1, 0.15) is 5.82 Å². The molecular formula is C10H12BrN3O4. The topological polar surface area (TPSA) is 112 Å². The van der Waals surface area contributed by atoms with Crippen LogP contribution in [-0.2, 0) is 4.79 Å². The van der Waals surface area contributed by atoms with Gasteiger partial charge in [-0.3, -0.25) is 5.32 Å². The fraction of sp³-hybridized carbons (Fsp3) is 0.300. The van der Waals surface area contributed by atoms with E-state index in [9.17, 15) is 14.7 Å². The molecule has 1 aromatic rings. The smallest absolute Gasteiger partial charge is 0.337 e. The van der Waals surface area contributed by atoms with Crippen molar-refractivity contribution in [2.24, 2.45) is 0 Å². The highest BCUT2D eigenvalue weighted by molar-refractivity contribution is 9.10.